The zero-order chi connectivity index (χ0) is 12.3. The van der Waals surface area contributed by atoms with Gasteiger partial charge in [0.15, 0.2) is 0 Å². The maximum absolute atomic E-state index is 12.1. The lowest BCUT2D eigenvalue weighted by Gasteiger charge is -2.27. The highest BCUT2D eigenvalue weighted by molar-refractivity contribution is 7.14. The topological polar surface area (TPSA) is 29.1 Å². The Kier molecular flexibility index (Phi) is 4.10. The number of carbonyl (C=O) groups excluding carboxylic acids is 1. The van der Waals surface area contributed by atoms with Crippen molar-refractivity contribution in [3.8, 4) is 0 Å². The fourth-order valence-corrected chi connectivity index (χ4v) is 3.51. The van der Waals surface area contributed by atoms with Crippen molar-refractivity contribution in [2.75, 3.05) is 5.88 Å². The lowest BCUT2D eigenvalue weighted by molar-refractivity contribution is 0.0913. The average Bonchev–Trinajstić information content (AvgIpc) is 2.97. The van der Waals surface area contributed by atoms with Gasteiger partial charge in [0.05, 0.1) is 10.4 Å². The molecular weight excluding hydrogens is 254 g/mol. The zero-order valence-electron chi connectivity index (χ0n) is 10.1. The van der Waals surface area contributed by atoms with Crippen molar-refractivity contribution in [1.29, 1.82) is 0 Å². The maximum Gasteiger partial charge on any atom is 0.261 e. The van der Waals surface area contributed by atoms with Crippen LogP contribution >= 0.6 is 22.9 Å². The molecule has 17 heavy (non-hydrogen) atoms. The van der Waals surface area contributed by atoms with Gasteiger partial charge in [-0.05, 0) is 31.4 Å². The van der Waals surface area contributed by atoms with Crippen LogP contribution in [0.5, 0.6) is 0 Å². The summed E-state index contributed by atoms with van der Waals surface area (Å²) >= 11 is 7.60. The monoisotopic (exact) mass is 271 g/mol. The SMILES string of the molecule is CCc1ccc(C(=O)NC2(CCl)CCCC2)s1. The molecule has 1 fully saturated rings. The molecule has 0 aromatic carbocycles. The molecule has 94 valence electrons. The summed E-state index contributed by atoms with van der Waals surface area (Å²) in [6.45, 7) is 2.10. The molecule has 1 amide bonds. The van der Waals surface area contributed by atoms with Crippen LogP contribution in [0.4, 0.5) is 0 Å². The summed E-state index contributed by atoms with van der Waals surface area (Å²) in [5, 5.41) is 3.14. The molecule has 1 aromatic rings. The molecular formula is C13H18ClNOS. The van der Waals surface area contributed by atoms with Gasteiger partial charge in [-0.2, -0.15) is 0 Å². The van der Waals surface area contributed by atoms with Gasteiger partial charge in [-0.25, -0.2) is 0 Å². The Morgan fingerprint density at radius 1 is 1.47 bits per heavy atom. The molecule has 2 rings (SSSR count). The highest BCUT2D eigenvalue weighted by Crippen LogP contribution is 2.31. The standard InChI is InChI=1S/C13H18ClNOS/c1-2-10-5-6-11(17-10)12(16)15-13(9-14)7-3-4-8-13/h5-6H,2-4,7-9H2,1H3,(H,15,16). The van der Waals surface area contributed by atoms with Gasteiger partial charge < -0.3 is 5.32 Å². The Labute approximate surface area is 111 Å². The van der Waals surface area contributed by atoms with Crippen LogP contribution < -0.4 is 5.32 Å². The molecule has 0 saturated heterocycles. The van der Waals surface area contributed by atoms with E-state index in [0.29, 0.717) is 5.88 Å². The van der Waals surface area contributed by atoms with Gasteiger partial charge in [0, 0.05) is 10.8 Å². The van der Waals surface area contributed by atoms with E-state index in [2.05, 4.69) is 12.2 Å². The van der Waals surface area contributed by atoms with Crippen LogP contribution in [0.15, 0.2) is 12.1 Å². The van der Waals surface area contributed by atoms with Gasteiger partial charge in [0.1, 0.15) is 0 Å². The molecule has 0 aliphatic heterocycles. The summed E-state index contributed by atoms with van der Waals surface area (Å²) in [5.41, 5.74) is -0.158. The minimum atomic E-state index is -0.158. The van der Waals surface area contributed by atoms with Crippen LogP contribution in [0, 0.1) is 0 Å². The van der Waals surface area contributed by atoms with E-state index in [1.165, 1.54) is 4.88 Å². The van der Waals surface area contributed by atoms with Crippen molar-refractivity contribution in [2.45, 2.75) is 44.6 Å². The van der Waals surface area contributed by atoms with Crippen molar-refractivity contribution >= 4 is 28.8 Å². The molecule has 1 saturated carbocycles. The Morgan fingerprint density at radius 2 is 2.18 bits per heavy atom. The molecule has 1 aliphatic rings. The van der Waals surface area contributed by atoms with E-state index < -0.39 is 0 Å². The summed E-state index contributed by atoms with van der Waals surface area (Å²) in [6, 6.07) is 3.94. The molecule has 0 atom stereocenters. The highest BCUT2D eigenvalue weighted by Gasteiger charge is 2.34. The Bertz CT molecular complexity index is 396. The van der Waals surface area contributed by atoms with Crippen LogP contribution in [0.2, 0.25) is 0 Å². The molecule has 1 N–H and O–H groups in total. The van der Waals surface area contributed by atoms with E-state index >= 15 is 0 Å². The summed E-state index contributed by atoms with van der Waals surface area (Å²) in [6.07, 6.45) is 5.33. The second-order valence-corrected chi connectivity index (χ2v) is 6.13. The van der Waals surface area contributed by atoms with Crippen LogP contribution in [0.1, 0.15) is 47.2 Å². The highest BCUT2D eigenvalue weighted by atomic mass is 35.5. The lowest BCUT2D eigenvalue weighted by Crippen LogP contribution is -2.47. The summed E-state index contributed by atoms with van der Waals surface area (Å²) < 4.78 is 0. The van der Waals surface area contributed by atoms with Gasteiger partial charge >= 0.3 is 0 Å². The third-order valence-corrected chi connectivity index (χ3v) is 5.17. The first-order chi connectivity index (χ1) is 8.19. The fourth-order valence-electron chi connectivity index (χ4n) is 2.34. The van der Waals surface area contributed by atoms with Crippen molar-refractivity contribution in [3.63, 3.8) is 0 Å². The largest absolute Gasteiger partial charge is 0.345 e. The van der Waals surface area contributed by atoms with Crippen molar-refractivity contribution in [2.24, 2.45) is 0 Å². The predicted molar refractivity (Wildman–Crippen MR) is 73.1 cm³/mol. The number of alkyl halides is 1. The Balaban J connectivity index is 2.05. The number of aryl methyl sites for hydroxylation is 1. The first kappa shape index (κ1) is 12.9. The Morgan fingerprint density at radius 3 is 2.71 bits per heavy atom. The van der Waals surface area contributed by atoms with E-state index in [1.807, 2.05) is 12.1 Å². The number of halogens is 1. The molecule has 0 bridgehead atoms. The van der Waals surface area contributed by atoms with Crippen LogP contribution in [0.3, 0.4) is 0 Å². The maximum atomic E-state index is 12.1. The smallest absolute Gasteiger partial charge is 0.261 e. The van der Waals surface area contributed by atoms with Crippen molar-refractivity contribution in [3.05, 3.63) is 21.9 Å². The second-order valence-electron chi connectivity index (χ2n) is 4.69. The minimum Gasteiger partial charge on any atom is -0.345 e. The molecule has 4 heteroatoms. The molecule has 1 heterocycles. The van der Waals surface area contributed by atoms with Crippen molar-refractivity contribution < 1.29 is 4.79 Å². The first-order valence-electron chi connectivity index (χ1n) is 6.16. The quantitative estimate of drug-likeness (QED) is 0.833. The molecule has 1 aromatic heterocycles. The molecule has 0 spiro atoms. The number of carbonyl (C=O) groups is 1. The third kappa shape index (κ3) is 2.83. The summed E-state index contributed by atoms with van der Waals surface area (Å²) in [5.74, 6) is 0.558. The van der Waals surface area contributed by atoms with Gasteiger partial charge in [-0.1, -0.05) is 19.8 Å². The average molecular weight is 272 g/mol. The predicted octanol–water partition coefficient (Wildman–Crippen LogP) is 3.59. The van der Waals surface area contributed by atoms with E-state index in [1.54, 1.807) is 11.3 Å². The zero-order valence-corrected chi connectivity index (χ0v) is 11.7. The Hall–Kier alpha value is -0.540. The van der Waals surface area contributed by atoms with Crippen LogP contribution in [-0.2, 0) is 6.42 Å². The summed E-state index contributed by atoms with van der Waals surface area (Å²) in [4.78, 5) is 14.2. The van der Waals surface area contributed by atoms with Crippen LogP contribution in [-0.4, -0.2) is 17.3 Å². The third-order valence-electron chi connectivity index (χ3n) is 3.43. The summed E-state index contributed by atoms with van der Waals surface area (Å²) in [7, 11) is 0. The number of nitrogens with one attached hydrogen (secondary N) is 1. The van der Waals surface area contributed by atoms with E-state index in [4.69, 9.17) is 11.6 Å². The van der Waals surface area contributed by atoms with E-state index in [0.717, 1.165) is 37.0 Å². The number of amides is 1. The molecule has 1 aliphatic carbocycles. The van der Waals surface area contributed by atoms with Crippen molar-refractivity contribution in [1.82, 2.24) is 5.32 Å². The van der Waals surface area contributed by atoms with Gasteiger partial charge in [-0.15, -0.1) is 22.9 Å². The minimum absolute atomic E-state index is 0.0391. The second kappa shape index (κ2) is 5.40. The molecule has 0 radical (unpaired) electrons. The number of thiophene rings is 1. The van der Waals surface area contributed by atoms with Crippen LogP contribution in [0.25, 0.3) is 0 Å². The van der Waals surface area contributed by atoms with E-state index in [-0.39, 0.29) is 11.4 Å². The number of hydrogen-bond acceptors (Lipinski definition) is 2. The van der Waals surface area contributed by atoms with Gasteiger partial charge in [0.25, 0.3) is 5.91 Å². The van der Waals surface area contributed by atoms with Gasteiger partial charge in [-0.3, -0.25) is 4.79 Å². The number of rotatable bonds is 4. The fraction of sp³-hybridized carbons (Fsp3) is 0.615. The molecule has 0 unspecified atom stereocenters. The van der Waals surface area contributed by atoms with E-state index in [9.17, 15) is 4.79 Å². The number of hydrogen-bond donors (Lipinski definition) is 1. The van der Waals surface area contributed by atoms with Gasteiger partial charge in [0.2, 0.25) is 0 Å². The lowest BCUT2D eigenvalue weighted by atomic mass is 10.0. The molecule has 2 nitrogen and oxygen atoms in total. The first-order valence-corrected chi connectivity index (χ1v) is 7.51. The normalized spacial score (nSPS) is 18.2.